The Bertz CT molecular complexity index is 481. The van der Waals surface area contributed by atoms with Gasteiger partial charge in [0.05, 0.1) is 0 Å². The molecule has 0 heterocycles. The van der Waals surface area contributed by atoms with Gasteiger partial charge < -0.3 is 5.11 Å². The summed E-state index contributed by atoms with van der Waals surface area (Å²) in [5, 5.41) is 10.2. The Kier molecular flexibility index (Phi) is 4.23. The average molecular weight is 277 g/mol. The summed E-state index contributed by atoms with van der Waals surface area (Å²) in [4.78, 5) is 0. The normalized spacial score (nSPS) is 17.5. The molecule has 1 aromatic carbocycles. The number of aliphatic hydroxyl groups excluding tert-OH is 1. The number of aryl methyl sites for hydroxylation is 1. The first-order valence-electron chi connectivity index (χ1n) is 5.35. The molecule has 3 nitrogen and oxygen atoms in total. The van der Waals surface area contributed by atoms with Gasteiger partial charge in [-0.1, -0.05) is 48.4 Å². The summed E-state index contributed by atoms with van der Waals surface area (Å²) in [6.07, 6.45) is -0.0478. The predicted octanol–water partition coefficient (Wildman–Crippen LogP) is 2.42. The van der Waals surface area contributed by atoms with Gasteiger partial charge in [0.15, 0.2) is 14.0 Å². The van der Waals surface area contributed by atoms with Crippen LogP contribution in [0.3, 0.4) is 0 Å². The van der Waals surface area contributed by atoms with Crippen molar-refractivity contribution in [2.75, 3.05) is 6.26 Å². The van der Waals surface area contributed by atoms with E-state index in [9.17, 15) is 13.5 Å². The lowest BCUT2D eigenvalue weighted by molar-refractivity contribution is 0.155. The minimum atomic E-state index is -3.56. The van der Waals surface area contributed by atoms with Gasteiger partial charge in [-0.15, -0.1) is 0 Å². The van der Waals surface area contributed by atoms with E-state index in [2.05, 4.69) is 0 Å². The number of rotatable bonds is 4. The maximum atomic E-state index is 11.7. The molecule has 0 saturated heterocycles. The number of halogens is 1. The number of alkyl halides is 1. The summed E-state index contributed by atoms with van der Waals surface area (Å²) < 4.78 is 21.7. The third-order valence-corrected chi connectivity index (χ3v) is 5.96. The average Bonchev–Trinajstić information content (AvgIpc) is 2.26. The van der Waals surface area contributed by atoms with Gasteiger partial charge in [-0.05, 0) is 18.9 Å². The molecule has 0 saturated carbocycles. The van der Waals surface area contributed by atoms with E-state index in [0.717, 1.165) is 11.8 Å². The number of sulfone groups is 1. The van der Waals surface area contributed by atoms with Crippen molar-refractivity contribution in [3.05, 3.63) is 35.4 Å². The van der Waals surface area contributed by atoms with Crippen LogP contribution in [0, 0.1) is 6.92 Å². The monoisotopic (exact) mass is 276 g/mol. The number of hydrogen-bond acceptors (Lipinski definition) is 3. The van der Waals surface area contributed by atoms with Crippen LogP contribution in [0.25, 0.3) is 0 Å². The van der Waals surface area contributed by atoms with Crippen molar-refractivity contribution < 1.29 is 13.5 Å². The van der Waals surface area contributed by atoms with Crippen LogP contribution in [0.4, 0.5) is 0 Å². The Morgan fingerprint density at radius 2 is 1.82 bits per heavy atom. The molecule has 0 amide bonds. The second-order valence-electron chi connectivity index (χ2n) is 4.23. The van der Waals surface area contributed by atoms with Gasteiger partial charge in [0.2, 0.25) is 0 Å². The third-order valence-electron chi connectivity index (χ3n) is 2.90. The molecule has 96 valence electrons. The maximum Gasteiger partial charge on any atom is 0.174 e. The molecule has 0 aromatic heterocycles. The van der Waals surface area contributed by atoms with Crippen molar-refractivity contribution in [2.24, 2.45) is 0 Å². The number of aliphatic hydroxyl groups is 1. The minimum Gasteiger partial charge on any atom is -0.385 e. The molecule has 17 heavy (non-hydrogen) atoms. The molecule has 0 aliphatic rings. The Labute approximate surface area is 107 Å². The van der Waals surface area contributed by atoms with Crippen molar-refractivity contribution in [3.63, 3.8) is 0 Å². The smallest absolute Gasteiger partial charge is 0.174 e. The highest BCUT2D eigenvalue weighted by Crippen LogP contribution is 2.39. The quantitative estimate of drug-likeness (QED) is 0.860. The lowest BCUT2D eigenvalue weighted by atomic mass is 10.0. The molecule has 5 heteroatoms. The first-order valence-corrected chi connectivity index (χ1v) is 7.62. The summed E-state index contributed by atoms with van der Waals surface area (Å²) in [7, 11) is -3.56. The van der Waals surface area contributed by atoms with Crippen molar-refractivity contribution in [1.82, 2.24) is 0 Å². The Hall–Kier alpha value is -0.580. The van der Waals surface area contributed by atoms with Crippen LogP contribution >= 0.6 is 11.6 Å². The summed E-state index contributed by atoms with van der Waals surface area (Å²) in [6, 6.07) is 7.01. The molecule has 0 spiro atoms. The van der Waals surface area contributed by atoms with E-state index in [1.165, 1.54) is 0 Å². The second-order valence-corrected chi connectivity index (χ2v) is 7.40. The molecule has 0 radical (unpaired) electrons. The van der Waals surface area contributed by atoms with Gasteiger partial charge in [0.1, 0.15) is 6.10 Å². The Morgan fingerprint density at radius 1 is 1.35 bits per heavy atom. The molecule has 0 aliphatic heterocycles. The van der Waals surface area contributed by atoms with Crippen LogP contribution in [0.1, 0.15) is 30.6 Å². The molecular formula is C12H17ClO3S. The Balaban J connectivity index is 3.19. The van der Waals surface area contributed by atoms with E-state index in [1.807, 2.05) is 19.1 Å². The van der Waals surface area contributed by atoms with E-state index in [0.29, 0.717) is 5.56 Å². The predicted molar refractivity (Wildman–Crippen MR) is 69.9 cm³/mol. The molecule has 0 fully saturated rings. The standard InChI is InChI=1S/C12H17ClO3S/c1-4-12(13,17(3,15)16)11(14)10-7-5-9(2)6-8-10/h5-8,11,14H,4H2,1-3H3/t11-,12+/m0/s1. The fraction of sp³-hybridized carbons (Fsp3) is 0.500. The van der Waals surface area contributed by atoms with Gasteiger partial charge in [-0.2, -0.15) is 0 Å². The molecule has 1 rings (SSSR count). The van der Waals surface area contributed by atoms with E-state index >= 15 is 0 Å². The summed E-state index contributed by atoms with van der Waals surface area (Å²) >= 11 is 6.09. The highest BCUT2D eigenvalue weighted by atomic mass is 35.5. The lowest BCUT2D eigenvalue weighted by Gasteiger charge is -2.29. The Morgan fingerprint density at radius 3 is 2.18 bits per heavy atom. The van der Waals surface area contributed by atoms with Crippen molar-refractivity contribution in [2.45, 2.75) is 30.6 Å². The van der Waals surface area contributed by atoms with Crippen LogP contribution in [0.2, 0.25) is 0 Å². The fourth-order valence-electron chi connectivity index (χ4n) is 1.66. The van der Waals surface area contributed by atoms with E-state index in [-0.39, 0.29) is 6.42 Å². The molecule has 0 aliphatic carbocycles. The topological polar surface area (TPSA) is 54.4 Å². The van der Waals surface area contributed by atoms with Crippen LogP contribution in [0.5, 0.6) is 0 Å². The van der Waals surface area contributed by atoms with Crippen molar-refractivity contribution >= 4 is 21.4 Å². The molecule has 1 aromatic rings. The number of hydrogen-bond donors (Lipinski definition) is 1. The van der Waals surface area contributed by atoms with E-state index < -0.39 is 20.1 Å². The maximum absolute atomic E-state index is 11.7. The summed E-state index contributed by atoms with van der Waals surface area (Å²) in [5.41, 5.74) is 1.55. The van der Waals surface area contributed by atoms with Gasteiger partial charge in [-0.25, -0.2) is 8.42 Å². The zero-order valence-corrected chi connectivity index (χ0v) is 11.7. The molecule has 2 atom stereocenters. The lowest BCUT2D eigenvalue weighted by Crippen LogP contribution is -2.37. The SMILES string of the molecule is CC[C@](Cl)([C@@H](O)c1ccc(C)cc1)S(C)(=O)=O. The van der Waals surface area contributed by atoms with Crippen LogP contribution in [0.15, 0.2) is 24.3 Å². The first-order chi connectivity index (χ1) is 7.72. The van der Waals surface area contributed by atoms with Crippen LogP contribution < -0.4 is 0 Å². The van der Waals surface area contributed by atoms with Gasteiger partial charge >= 0.3 is 0 Å². The van der Waals surface area contributed by atoms with Gasteiger partial charge in [0.25, 0.3) is 0 Å². The summed E-state index contributed by atoms with van der Waals surface area (Å²) in [6.45, 7) is 3.56. The zero-order chi connectivity index (χ0) is 13.3. The highest BCUT2D eigenvalue weighted by molar-refractivity contribution is 7.93. The van der Waals surface area contributed by atoms with Crippen LogP contribution in [-0.4, -0.2) is 24.0 Å². The highest BCUT2D eigenvalue weighted by Gasteiger charge is 2.44. The van der Waals surface area contributed by atoms with Crippen LogP contribution in [-0.2, 0) is 9.84 Å². The molecule has 0 bridgehead atoms. The minimum absolute atomic E-state index is 0.141. The van der Waals surface area contributed by atoms with E-state index in [1.54, 1.807) is 19.1 Å². The zero-order valence-electron chi connectivity index (χ0n) is 10.1. The molecular weight excluding hydrogens is 260 g/mol. The summed E-state index contributed by atoms with van der Waals surface area (Å²) in [5.74, 6) is 0. The van der Waals surface area contributed by atoms with E-state index in [4.69, 9.17) is 11.6 Å². The van der Waals surface area contributed by atoms with Gasteiger partial charge in [-0.3, -0.25) is 0 Å². The molecule has 0 unspecified atom stereocenters. The first kappa shape index (κ1) is 14.5. The third kappa shape index (κ3) is 2.81. The van der Waals surface area contributed by atoms with Crippen molar-refractivity contribution in [1.29, 1.82) is 0 Å². The molecule has 1 N–H and O–H groups in total. The fourth-order valence-corrected chi connectivity index (χ4v) is 2.85. The second kappa shape index (κ2) is 4.96. The van der Waals surface area contributed by atoms with Gasteiger partial charge in [0, 0.05) is 6.26 Å². The largest absolute Gasteiger partial charge is 0.385 e. The number of benzene rings is 1. The van der Waals surface area contributed by atoms with Crippen molar-refractivity contribution in [3.8, 4) is 0 Å².